The van der Waals surface area contributed by atoms with Crippen LogP contribution < -0.4 is 5.32 Å². The first-order valence-electron chi connectivity index (χ1n) is 6.05. The van der Waals surface area contributed by atoms with Gasteiger partial charge in [0.25, 0.3) is 0 Å². The third-order valence-corrected chi connectivity index (χ3v) is 2.66. The Morgan fingerprint density at radius 1 is 1.00 bits per heavy atom. The van der Waals surface area contributed by atoms with Gasteiger partial charge in [-0.15, -0.1) is 0 Å². The van der Waals surface area contributed by atoms with Crippen LogP contribution in [-0.2, 0) is 12.7 Å². The van der Waals surface area contributed by atoms with Crippen molar-refractivity contribution in [3.8, 4) is 0 Å². The third kappa shape index (κ3) is 5.54. The molecule has 0 radical (unpaired) electrons. The van der Waals surface area contributed by atoms with E-state index in [9.17, 15) is 13.2 Å². The van der Waals surface area contributed by atoms with Gasteiger partial charge in [-0.2, -0.15) is 13.2 Å². The Kier molecular flexibility index (Phi) is 4.79. The first kappa shape index (κ1) is 15.0. The normalized spacial score (nSPS) is 12.8. The number of benzene rings is 1. The molecule has 0 aliphatic carbocycles. The highest BCUT2D eigenvalue weighted by molar-refractivity contribution is 5.24. The van der Waals surface area contributed by atoms with Gasteiger partial charge in [-0.1, -0.05) is 32.9 Å². The fourth-order valence-corrected chi connectivity index (χ4v) is 1.51. The lowest BCUT2D eigenvalue weighted by molar-refractivity contribution is -0.137. The molecule has 1 aromatic rings. The lowest BCUT2D eigenvalue weighted by Gasteiger charge is -2.18. The summed E-state index contributed by atoms with van der Waals surface area (Å²) in [5.41, 5.74) is 0.547. The maximum atomic E-state index is 12.3. The Bertz CT molecular complexity index is 360. The van der Waals surface area contributed by atoms with Crippen molar-refractivity contribution in [2.75, 3.05) is 6.54 Å². The van der Waals surface area contributed by atoms with Crippen molar-refractivity contribution in [1.82, 2.24) is 5.32 Å². The summed E-state index contributed by atoms with van der Waals surface area (Å²) in [4.78, 5) is 0. The minimum atomic E-state index is -4.25. The summed E-state index contributed by atoms with van der Waals surface area (Å²) >= 11 is 0. The highest BCUT2D eigenvalue weighted by Crippen LogP contribution is 2.29. The molecular formula is C14H20F3N. The van der Waals surface area contributed by atoms with E-state index in [0.717, 1.165) is 30.7 Å². The number of hydrogen-bond acceptors (Lipinski definition) is 1. The zero-order valence-electron chi connectivity index (χ0n) is 11.1. The standard InChI is InChI=1S/C14H20F3N/c1-13(2,3)8-9-18-10-11-4-6-12(7-5-11)14(15,16)17/h4-7,18H,8-10H2,1-3H3. The quantitative estimate of drug-likeness (QED) is 0.798. The Labute approximate surface area is 106 Å². The van der Waals surface area contributed by atoms with Gasteiger partial charge >= 0.3 is 6.18 Å². The van der Waals surface area contributed by atoms with Crippen LogP contribution in [0.2, 0.25) is 0 Å². The minimum absolute atomic E-state index is 0.271. The second-order valence-corrected chi connectivity index (χ2v) is 5.68. The lowest BCUT2D eigenvalue weighted by Crippen LogP contribution is -2.20. The largest absolute Gasteiger partial charge is 0.416 e. The minimum Gasteiger partial charge on any atom is -0.313 e. The average molecular weight is 259 g/mol. The van der Waals surface area contributed by atoms with Crippen molar-refractivity contribution in [2.45, 2.75) is 39.9 Å². The van der Waals surface area contributed by atoms with Gasteiger partial charge in [0.15, 0.2) is 0 Å². The van der Waals surface area contributed by atoms with Gasteiger partial charge in [-0.05, 0) is 36.1 Å². The summed E-state index contributed by atoms with van der Waals surface area (Å²) in [5, 5.41) is 3.24. The van der Waals surface area contributed by atoms with Crippen LogP contribution >= 0.6 is 0 Å². The zero-order chi connectivity index (χ0) is 13.8. The summed E-state index contributed by atoms with van der Waals surface area (Å²) in [6.07, 6.45) is -3.22. The maximum Gasteiger partial charge on any atom is 0.416 e. The van der Waals surface area contributed by atoms with E-state index in [-0.39, 0.29) is 5.41 Å². The summed E-state index contributed by atoms with van der Waals surface area (Å²) in [5.74, 6) is 0. The lowest BCUT2D eigenvalue weighted by atomic mass is 9.92. The summed E-state index contributed by atoms with van der Waals surface area (Å²) < 4.78 is 37.0. The molecule has 0 fully saturated rings. The van der Waals surface area contributed by atoms with E-state index >= 15 is 0 Å². The predicted octanol–water partition coefficient (Wildman–Crippen LogP) is 4.23. The zero-order valence-corrected chi connectivity index (χ0v) is 11.1. The number of halogens is 3. The predicted molar refractivity (Wildman–Crippen MR) is 67.2 cm³/mol. The molecule has 0 amide bonds. The molecule has 0 bridgehead atoms. The molecule has 0 heterocycles. The van der Waals surface area contributed by atoms with Crippen molar-refractivity contribution in [3.05, 3.63) is 35.4 Å². The molecule has 0 spiro atoms. The highest BCUT2D eigenvalue weighted by Gasteiger charge is 2.29. The van der Waals surface area contributed by atoms with Crippen LogP contribution in [0.1, 0.15) is 38.3 Å². The van der Waals surface area contributed by atoms with E-state index in [2.05, 4.69) is 26.1 Å². The molecular weight excluding hydrogens is 239 g/mol. The molecule has 102 valence electrons. The van der Waals surface area contributed by atoms with Crippen LogP contribution in [0.15, 0.2) is 24.3 Å². The molecule has 0 saturated carbocycles. The van der Waals surface area contributed by atoms with Crippen molar-refractivity contribution >= 4 is 0 Å². The van der Waals surface area contributed by atoms with Gasteiger partial charge in [0.05, 0.1) is 5.56 Å². The fourth-order valence-electron chi connectivity index (χ4n) is 1.51. The van der Waals surface area contributed by atoms with Crippen LogP contribution in [0, 0.1) is 5.41 Å². The van der Waals surface area contributed by atoms with Gasteiger partial charge in [0.2, 0.25) is 0 Å². The highest BCUT2D eigenvalue weighted by atomic mass is 19.4. The Balaban J connectivity index is 2.41. The third-order valence-electron chi connectivity index (χ3n) is 2.66. The molecule has 0 aliphatic heterocycles. The van der Waals surface area contributed by atoms with Gasteiger partial charge in [0, 0.05) is 6.54 Å². The van der Waals surface area contributed by atoms with Crippen LogP contribution in [-0.4, -0.2) is 6.54 Å². The monoisotopic (exact) mass is 259 g/mol. The summed E-state index contributed by atoms with van der Waals surface area (Å²) in [6, 6.07) is 5.29. The van der Waals surface area contributed by atoms with E-state index in [1.807, 2.05) is 0 Å². The molecule has 1 aromatic carbocycles. The smallest absolute Gasteiger partial charge is 0.313 e. The number of alkyl halides is 3. The first-order valence-corrected chi connectivity index (χ1v) is 6.05. The molecule has 0 unspecified atom stereocenters. The van der Waals surface area contributed by atoms with E-state index in [1.165, 1.54) is 12.1 Å². The van der Waals surface area contributed by atoms with Crippen LogP contribution in [0.4, 0.5) is 13.2 Å². The van der Waals surface area contributed by atoms with Crippen molar-refractivity contribution in [3.63, 3.8) is 0 Å². The average Bonchev–Trinajstić information content (AvgIpc) is 2.22. The van der Waals surface area contributed by atoms with Crippen LogP contribution in [0.3, 0.4) is 0 Å². The van der Waals surface area contributed by atoms with E-state index in [0.29, 0.717) is 6.54 Å². The number of hydrogen-bond donors (Lipinski definition) is 1. The molecule has 0 aliphatic rings. The second kappa shape index (κ2) is 5.74. The van der Waals surface area contributed by atoms with Gasteiger partial charge in [0.1, 0.15) is 0 Å². The van der Waals surface area contributed by atoms with Crippen molar-refractivity contribution in [1.29, 1.82) is 0 Å². The number of rotatable bonds is 4. The second-order valence-electron chi connectivity index (χ2n) is 5.68. The first-order chi connectivity index (χ1) is 8.18. The van der Waals surface area contributed by atoms with E-state index in [1.54, 1.807) is 0 Å². The Morgan fingerprint density at radius 3 is 2.00 bits per heavy atom. The topological polar surface area (TPSA) is 12.0 Å². The van der Waals surface area contributed by atoms with E-state index < -0.39 is 11.7 Å². The molecule has 0 saturated heterocycles. The molecule has 0 atom stereocenters. The van der Waals surface area contributed by atoms with Crippen molar-refractivity contribution in [2.24, 2.45) is 5.41 Å². The van der Waals surface area contributed by atoms with Crippen molar-refractivity contribution < 1.29 is 13.2 Å². The van der Waals surface area contributed by atoms with Crippen LogP contribution in [0.5, 0.6) is 0 Å². The number of nitrogens with one attached hydrogen (secondary N) is 1. The van der Waals surface area contributed by atoms with Gasteiger partial charge < -0.3 is 5.32 Å². The molecule has 1 nitrogen and oxygen atoms in total. The SMILES string of the molecule is CC(C)(C)CCNCc1ccc(C(F)(F)F)cc1. The molecule has 4 heteroatoms. The molecule has 1 rings (SSSR count). The summed E-state index contributed by atoms with van der Waals surface area (Å²) in [6.45, 7) is 7.95. The molecule has 18 heavy (non-hydrogen) atoms. The van der Waals surface area contributed by atoms with Crippen LogP contribution in [0.25, 0.3) is 0 Å². The summed E-state index contributed by atoms with van der Waals surface area (Å²) in [7, 11) is 0. The van der Waals surface area contributed by atoms with Gasteiger partial charge in [-0.3, -0.25) is 0 Å². The van der Waals surface area contributed by atoms with E-state index in [4.69, 9.17) is 0 Å². The molecule has 1 N–H and O–H groups in total. The van der Waals surface area contributed by atoms with Gasteiger partial charge in [-0.25, -0.2) is 0 Å². The maximum absolute atomic E-state index is 12.3. The molecule has 0 aromatic heterocycles. The fraction of sp³-hybridized carbons (Fsp3) is 0.571. The Hall–Kier alpha value is -1.03. The Morgan fingerprint density at radius 2 is 1.56 bits per heavy atom.